The number of hydrogen-bond acceptors (Lipinski definition) is 4. The molecule has 0 atom stereocenters. The van der Waals surface area contributed by atoms with Crippen molar-refractivity contribution in [2.24, 2.45) is 0 Å². The highest BCUT2D eigenvalue weighted by Gasteiger charge is 2.10. The van der Waals surface area contributed by atoms with Gasteiger partial charge < -0.3 is 4.40 Å². The van der Waals surface area contributed by atoms with E-state index in [1.165, 1.54) is 4.80 Å². The van der Waals surface area contributed by atoms with E-state index in [-0.39, 0.29) is 0 Å². The van der Waals surface area contributed by atoms with Crippen molar-refractivity contribution in [3.05, 3.63) is 64.5 Å². The third-order valence-corrected chi connectivity index (χ3v) is 3.80. The summed E-state index contributed by atoms with van der Waals surface area (Å²) in [6.45, 7) is 0.398. The first-order chi connectivity index (χ1) is 11.2. The number of hydrogen-bond donors (Lipinski definition) is 0. The van der Waals surface area contributed by atoms with Crippen molar-refractivity contribution in [1.82, 2.24) is 29.6 Å². The lowest BCUT2D eigenvalue weighted by Crippen LogP contribution is -2.04. The van der Waals surface area contributed by atoms with Crippen LogP contribution in [0, 0.1) is 0 Å². The fourth-order valence-electron chi connectivity index (χ4n) is 2.31. The third kappa shape index (κ3) is 2.78. The Labute approximate surface area is 141 Å². The van der Waals surface area contributed by atoms with Crippen molar-refractivity contribution in [3.8, 4) is 11.4 Å². The molecule has 0 bridgehead atoms. The summed E-state index contributed by atoms with van der Waals surface area (Å²) in [6.07, 6.45) is 3.60. The number of nitrogens with zero attached hydrogens (tertiary/aromatic N) is 6. The van der Waals surface area contributed by atoms with Gasteiger partial charge in [-0.3, -0.25) is 0 Å². The Morgan fingerprint density at radius 3 is 2.70 bits per heavy atom. The molecule has 3 aromatic heterocycles. The maximum atomic E-state index is 6.14. The van der Waals surface area contributed by atoms with Crippen LogP contribution in [0.1, 0.15) is 5.69 Å². The number of benzene rings is 1. The number of imidazole rings is 1. The molecule has 1 aromatic carbocycles. The largest absolute Gasteiger partial charge is 0.304 e. The lowest BCUT2D eigenvalue weighted by Gasteiger charge is -1.95. The summed E-state index contributed by atoms with van der Waals surface area (Å²) in [7, 11) is 0. The van der Waals surface area contributed by atoms with E-state index in [9.17, 15) is 0 Å². The van der Waals surface area contributed by atoms with Crippen molar-refractivity contribution in [2.75, 3.05) is 0 Å². The molecule has 0 N–H and O–H groups in total. The van der Waals surface area contributed by atoms with Crippen LogP contribution >= 0.6 is 23.2 Å². The number of tetrazole rings is 1. The first-order valence-corrected chi connectivity index (χ1v) is 7.60. The van der Waals surface area contributed by atoms with Crippen molar-refractivity contribution in [3.63, 3.8) is 0 Å². The summed E-state index contributed by atoms with van der Waals surface area (Å²) in [5.41, 5.74) is 2.34. The molecule has 0 fully saturated rings. The third-order valence-electron chi connectivity index (χ3n) is 3.31. The molecule has 114 valence electrons. The molecule has 4 rings (SSSR count). The van der Waals surface area contributed by atoms with Crippen molar-refractivity contribution >= 4 is 28.8 Å². The molecule has 3 heterocycles. The van der Waals surface area contributed by atoms with E-state index in [1.54, 1.807) is 16.7 Å². The summed E-state index contributed by atoms with van der Waals surface area (Å²) < 4.78 is 1.79. The predicted octanol–water partition coefficient (Wildman–Crippen LogP) is 3.34. The zero-order valence-electron chi connectivity index (χ0n) is 11.8. The maximum absolute atomic E-state index is 6.14. The van der Waals surface area contributed by atoms with Gasteiger partial charge in [0.2, 0.25) is 5.82 Å². The van der Waals surface area contributed by atoms with Gasteiger partial charge in [-0.2, -0.15) is 4.80 Å². The minimum absolute atomic E-state index is 0.398. The second-order valence-electron chi connectivity index (χ2n) is 4.98. The first kappa shape index (κ1) is 14.2. The lowest BCUT2D eigenvalue weighted by atomic mass is 10.2. The Morgan fingerprint density at radius 2 is 1.87 bits per heavy atom. The van der Waals surface area contributed by atoms with Gasteiger partial charge in [0, 0.05) is 18.0 Å². The molecule has 0 radical (unpaired) electrons. The fourth-order valence-corrected chi connectivity index (χ4v) is 2.84. The van der Waals surface area contributed by atoms with Gasteiger partial charge in [0.05, 0.1) is 15.7 Å². The molecule has 0 aliphatic heterocycles. The normalized spacial score (nSPS) is 11.2. The van der Waals surface area contributed by atoms with E-state index in [1.807, 2.05) is 36.5 Å². The number of pyridine rings is 1. The van der Waals surface area contributed by atoms with Crippen LogP contribution < -0.4 is 0 Å². The monoisotopic (exact) mass is 344 g/mol. The molecule has 0 aliphatic carbocycles. The fraction of sp³-hybridized carbons (Fsp3) is 0.0667. The minimum Gasteiger partial charge on any atom is -0.304 e. The lowest BCUT2D eigenvalue weighted by molar-refractivity contribution is 0.566. The summed E-state index contributed by atoms with van der Waals surface area (Å²) in [5, 5.41) is 13.6. The van der Waals surface area contributed by atoms with Gasteiger partial charge in [0.25, 0.3) is 0 Å². The van der Waals surface area contributed by atoms with Gasteiger partial charge in [-0.25, -0.2) is 4.98 Å². The Morgan fingerprint density at radius 1 is 1.04 bits per heavy atom. The zero-order valence-corrected chi connectivity index (χ0v) is 13.3. The molecule has 4 aromatic rings. The molecule has 0 saturated heterocycles. The van der Waals surface area contributed by atoms with Crippen LogP contribution in [-0.4, -0.2) is 29.6 Å². The van der Waals surface area contributed by atoms with Crippen molar-refractivity contribution in [1.29, 1.82) is 0 Å². The van der Waals surface area contributed by atoms with Crippen LogP contribution in [0.25, 0.3) is 17.0 Å². The summed E-state index contributed by atoms with van der Waals surface area (Å²) in [5.74, 6) is 0.579. The molecule has 6 nitrogen and oxygen atoms in total. The molecule has 0 spiro atoms. The smallest absolute Gasteiger partial charge is 0.204 e. The van der Waals surface area contributed by atoms with E-state index in [0.717, 1.165) is 11.3 Å². The second kappa shape index (κ2) is 5.64. The van der Waals surface area contributed by atoms with Crippen LogP contribution in [0.4, 0.5) is 0 Å². The van der Waals surface area contributed by atoms with E-state index in [0.29, 0.717) is 28.1 Å². The molecule has 23 heavy (non-hydrogen) atoms. The van der Waals surface area contributed by atoms with Crippen LogP contribution in [0.3, 0.4) is 0 Å². The highest BCUT2D eigenvalue weighted by molar-refractivity contribution is 6.36. The highest BCUT2D eigenvalue weighted by atomic mass is 35.5. The van der Waals surface area contributed by atoms with Gasteiger partial charge in [-0.15, -0.1) is 10.2 Å². The Kier molecular flexibility index (Phi) is 3.48. The Bertz CT molecular complexity index is 976. The average Bonchev–Trinajstić information content (AvgIpc) is 3.15. The SMILES string of the molecule is Clc1cc(Cl)c2nc(Cn3nnc(-c4ccccc4)n3)cn2c1. The topological polar surface area (TPSA) is 60.9 Å². The molecule has 0 saturated carbocycles. The van der Waals surface area contributed by atoms with Gasteiger partial charge in [0.15, 0.2) is 5.65 Å². The molecular formula is C15H10Cl2N6. The minimum atomic E-state index is 0.398. The highest BCUT2D eigenvalue weighted by Crippen LogP contribution is 2.22. The van der Waals surface area contributed by atoms with Gasteiger partial charge in [0.1, 0.15) is 6.54 Å². The van der Waals surface area contributed by atoms with E-state index < -0.39 is 0 Å². The van der Waals surface area contributed by atoms with Crippen molar-refractivity contribution in [2.45, 2.75) is 6.54 Å². The zero-order chi connectivity index (χ0) is 15.8. The molecular weight excluding hydrogens is 335 g/mol. The molecule has 0 aliphatic rings. The standard InChI is InChI=1S/C15H10Cl2N6/c16-11-6-13(17)15-18-12(8-22(15)7-11)9-23-20-14(19-21-23)10-4-2-1-3-5-10/h1-8H,9H2. The molecule has 0 unspecified atom stereocenters. The van der Waals surface area contributed by atoms with Crippen molar-refractivity contribution < 1.29 is 0 Å². The van der Waals surface area contributed by atoms with E-state index in [2.05, 4.69) is 20.4 Å². The van der Waals surface area contributed by atoms with Crippen LogP contribution in [0.15, 0.2) is 48.8 Å². The molecule has 0 amide bonds. The number of aromatic nitrogens is 6. The molecule has 8 heteroatoms. The van der Waals surface area contributed by atoms with E-state index in [4.69, 9.17) is 23.2 Å². The van der Waals surface area contributed by atoms with Crippen LogP contribution in [0.2, 0.25) is 10.0 Å². The average molecular weight is 345 g/mol. The quantitative estimate of drug-likeness (QED) is 0.571. The Balaban J connectivity index is 1.64. The van der Waals surface area contributed by atoms with Crippen LogP contribution in [-0.2, 0) is 6.54 Å². The number of fused-ring (bicyclic) bond motifs is 1. The Hall–Kier alpha value is -2.44. The van der Waals surface area contributed by atoms with Gasteiger partial charge in [-0.1, -0.05) is 53.5 Å². The maximum Gasteiger partial charge on any atom is 0.204 e. The van der Waals surface area contributed by atoms with Gasteiger partial charge >= 0.3 is 0 Å². The number of rotatable bonds is 3. The van der Waals surface area contributed by atoms with E-state index >= 15 is 0 Å². The summed E-state index contributed by atoms with van der Waals surface area (Å²) in [4.78, 5) is 5.97. The van der Waals surface area contributed by atoms with Crippen LogP contribution in [0.5, 0.6) is 0 Å². The second-order valence-corrected chi connectivity index (χ2v) is 5.82. The predicted molar refractivity (Wildman–Crippen MR) is 87.6 cm³/mol. The van der Waals surface area contributed by atoms with Gasteiger partial charge in [-0.05, 0) is 11.3 Å². The summed E-state index contributed by atoms with van der Waals surface area (Å²) in [6, 6.07) is 11.4. The number of halogens is 2. The first-order valence-electron chi connectivity index (χ1n) is 6.85. The summed E-state index contributed by atoms with van der Waals surface area (Å²) >= 11 is 12.1.